The van der Waals surface area contributed by atoms with Gasteiger partial charge in [-0.05, 0) is 39.0 Å². The van der Waals surface area contributed by atoms with Crippen LogP contribution in [-0.4, -0.2) is 31.1 Å². The van der Waals surface area contributed by atoms with Crippen LogP contribution in [0.5, 0.6) is 0 Å². The second-order valence-corrected chi connectivity index (χ2v) is 6.45. The molecule has 2 N–H and O–H groups in total. The number of aliphatic imine (C=N–C) groups is 1. The lowest BCUT2D eigenvalue weighted by atomic mass is 9.97. The Labute approximate surface area is 154 Å². The van der Waals surface area contributed by atoms with Crippen LogP contribution in [0.3, 0.4) is 0 Å². The van der Waals surface area contributed by atoms with Gasteiger partial charge in [-0.3, -0.25) is 4.99 Å². The zero-order valence-electron chi connectivity index (χ0n) is 13.5. The molecule has 0 atom stereocenters. The number of hydrogen-bond donors (Lipinski definition) is 2. The third-order valence-electron chi connectivity index (χ3n) is 3.69. The molecule has 0 aromatic carbocycles. The van der Waals surface area contributed by atoms with Crippen LogP contribution in [0, 0.1) is 6.92 Å². The zero-order valence-corrected chi connectivity index (χ0v) is 16.7. The first-order valence-electron chi connectivity index (χ1n) is 7.81. The van der Waals surface area contributed by atoms with E-state index >= 15 is 0 Å². The van der Waals surface area contributed by atoms with Crippen molar-refractivity contribution in [2.45, 2.75) is 45.4 Å². The van der Waals surface area contributed by atoms with Gasteiger partial charge in [0.1, 0.15) is 0 Å². The molecule has 1 heterocycles. The van der Waals surface area contributed by atoms with Crippen LogP contribution in [0.4, 0.5) is 0 Å². The molecule has 0 saturated carbocycles. The van der Waals surface area contributed by atoms with E-state index in [4.69, 9.17) is 0 Å². The minimum atomic E-state index is 0. The van der Waals surface area contributed by atoms with Crippen LogP contribution in [-0.2, 0) is 6.42 Å². The fraction of sp³-hybridized carbons (Fsp3) is 0.625. The van der Waals surface area contributed by atoms with Gasteiger partial charge in [-0.15, -0.1) is 35.3 Å². The molecule has 124 valence electrons. The van der Waals surface area contributed by atoms with Crippen LogP contribution < -0.4 is 10.6 Å². The molecule has 0 bridgehead atoms. The van der Waals surface area contributed by atoms with Crippen LogP contribution in [0.25, 0.3) is 0 Å². The number of aryl methyl sites for hydroxylation is 1. The largest absolute Gasteiger partial charge is 0.356 e. The number of halogens is 1. The van der Waals surface area contributed by atoms with Crippen LogP contribution in [0.2, 0.25) is 0 Å². The molecule has 4 nitrogen and oxygen atoms in total. The third-order valence-corrected chi connectivity index (χ3v) is 4.51. The van der Waals surface area contributed by atoms with Crippen molar-refractivity contribution < 1.29 is 0 Å². The molecule has 1 aliphatic rings. The van der Waals surface area contributed by atoms with Gasteiger partial charge >= 0.3 is 0 Å². The topological polar surface area (TPSA) is 49.3 Å². The Balaban J connectivity index is 0.00000242. The fourth-order valence-corrected chi connectivity index (χ4v) is 3.17. The monoisotopic (exact) mass is 434 g/mol. The van der Waals surface area contributed by atoms with Crippen molar-refractivity contribution in [3.63, 3.8) is 0 Å². The highest BCUT2D eigenvalue weighted by atomic mass is 127. The van der Waals surface area contributed by atoms with E-state index in [2.05, 4.69) is 32.1 Å². The average Bonchev–Trinajstić information content (AvgIpc) is 2.92. The van der Waals surface area contributed by atoms with Gasteiger partial charge in [0.15, 0.2) is 5.96 Å². The summed E-state index contributed by atoms with van der Waals surface area (Å²) in [5.74, 6) is 0.887. The standard InChI is InChI=1S/C16H26N4S.HI/c1-13-20-15(12-21-13)9-11-19-16(17-2)18-10-8-14-6-4-3-5-7-14;/h6,12H,3-5,7-11H2,1-2H3,(H2,17,18,19);1H. The number of nitrogens with one attached hydrogen (secondary N) is 2. The van der Waals surface area contributed by atoms with Crippen molar-refractivity contribution in [2.75, 3.05) is 20.1 Å². The van der Waals surface area contributed by atoms with Crippen LogP contribution in [0.1, 0.15) is 42.8 Å². The van der Waals surface area contributed by atoms with Crippen molar-refractivity contribution in [1.82, 2.24) is 15.6 Å². The molecular formula is C16H27IN4S. The summed E-state index contributed by atoms with van der Waals surface area (Å²) in [4.78, 5) is 8.73. The summed E-state index contributed by atoms with van der Waals surface area (Å²) in [6.45, 7) is 3.87. The zero-order chi connectivity index (χ0) is 14.9. The molecular weight excluding hydrogens is 407 g/mol. The molecule has 2 rings (SSSR count). The summed E-state index contributed by atoms with van der Waals surface area (Å²) in [5, 5.41) is 10.00. The summed E-state index contributed by atoms with van der Waals surface area (Å²) >= 11 is 1.71. The average molecular weight is 434 g/mol. The maximum Gasteiger partial charge on any atom is 0.190 e. The summed E-state index contributed by atoms with van der Waals surface area (Å²) in [5.41, 5.74) is 2.76. The van der Waals surface area contributed by atoms with E-state index in [1.165, 1.54) is 25.7 Å². The molecule has 6 heteroatoms. The van der Waals surface area contributed by atoms with Gasteiger partial charge in [-0.2, -0.15) is 0 Å². The van der Waals surface area contributed by atoms with E-state index < -0.39 is 0 Å². The number of hydrogen-bond acceptors (Lipinski definition) is 3. The lowest BCUT2D eigenvalue weighted by Gasteiger charge is -2.15. The quantitative estimate of drug-likeness (QED) is 0.311. The number of allylic oxidation sites excluding steroid dienone is 1. The van der Waals surface area contributed by atoms with E-state index in [0.717, 1.165) is 42.6 Å². The molecule has 1 aliphatic carbocycles. The van der Waals surface area contributed by atoms with Gasteiger partial charge in [0.25, 0.3) is 0 Å². The number of nitrogens with zero attached hydrogens (tertiary/aromatic N) is 2. The molecule has 0 radical (unpaired) electrons. The van der Waals surface area contributed by atoms with Gasteiger partial charge in [0, 0.05) is 31.9 Å². The Hall–Kier alpha value is -0.630. The Kier molecular flexibility index (Phi) is 9.70. The first kappa shape index (κ1) is 19.4. The molecule has 22 heavy (non-hydrogen) atoms. The van der Waals surface area contributed by atoms with Crippen molar-refractivity contribution in [1.29, 1.82) is 0 Å². The predicted octanol–water partition coefficient (Wildman–Crippen LogP) is 3.67. The van der Waals surface area contributed by atoms with E-state index in [1.54, 1.807) is 16.9 Å². The molecule has 0 fully saturated rings. The predicted molar refractivity (Wildman–Crippen MR) is 107 cm³/mol. The van der Waals surface area contributed by atoms with Crippen LogP contribution in [0.15, 0.2) is 22.0 Å². The molecule has 1 aromatic heterocycles. The van der Waals surface area contributed by atoms with Gasteiger partial charge in [-0.1, -0.05) is 11.6 Å². The first-order valence-corrected chi connectivity index (χ1v) is 8.69. The minimum Gasteiger partial charge on any atom is -0.356 e. The normalized spacial score (nSPS) is 15.0. The lowest BCUT2D eigenvalue weighted by molar-refractivity contribution is 0.665. The molecule has 0 aliphatic heterocycles. The summed E-state index contributed by atoms with van der Waals surface area (Å²) in [6, 6.07) is 0. The van der Waals surface area contributed by atoms with Crippen molar-refractivity contribution in [3.05, 3.63) is 27.7 Å². The van der Waals surface area contributed by atoms with Crippen molar-refractivity contribution in [2.24, 2.45) is 4.99 Å². The number of guanidine groups is 1. The molecule has 0 spiro atoms. The van der Waals surface area contributed by atoms with Gasteiger partial charge < -0.3 is 10.6 Å². The SMILES string of the molecule is CN=C(NCCC1=CCCCC1)NCCc1csc(C)n1.I. The number of aromatic nitrogens is 1. The van der Waals surface area contributed by atoms with E-state index in [-0.39, 0.29) is 24.0 Å². The Bertz CT molecular complexity index is 496. The summed E-state index contributed by atoms with van der Waals surface area (Å²) in [7, 11) is 1.82. The third kappa shape index (κ3) is 7.09. The maximum atomic E-state index is 4.47. The van der Waals surface area contributed by atoms with E-state index in [1.807, 2.05) is 14.0 Å². The summed E-state index contributed by atoms with van der Waals surface area (Å²) < 4.78 is 0. The second-order valence-electron chi connectivity index (χ2n) is 5.39. The van der Waals surface area contributed by atoms with Crippen LogP contribution >= 0.6 is 35.3 Å². The molecule has 0 unspecified atom stereocenters. The van der Waals surface area contributed by atoms with Gasteiger partial charge in [-0.25, -0.2) is 4.98 Å². The molecule has 1 aromatic rings. The second kappa shape index (κ2) is 11.0. The molecule has 0 amide bonds. The summed E-state index contributed by atoms with van der Waals surface area (Å²) in [6.07, 6.45) is 9.72. The fourth-order valence-electron chi connectivity index (χ4n) is 2.53. The van der Waals surface area contributed by atoms with E-state index in [0.29, 0.717) is 0 Å². The first-order chi connectivity index (χ1) is 10.3. The smallest absolute Gasteiger partial charge is 0.190 e. The highest BCUT2D eigenvalue weighted by molar-refractivity contribution is 14.0. The Morgan fingerprint density at radius 2 is 2.05 bits per heavy atom. The Morgan fingerprint density at radius 3 is 2.64 bits per heavy atom. The highest BCUT2D eigenvalue weighted by Crippen LogP contribution is 2.19. The Morgan fingerprint density at radius 1 is 1.27 bits per heavy atom. The molecule has 0 saturated heterocycles. The number of rotatable bonds is 6. The maximum absolute atomic E-state index is 4.47. The highest BCUT2D eigenvalue weighted by Gasteiger charge is 2.04. The van der Waals surface area contributed by atoms with Crippen molar-refractivity contribution in [3.8, 4) is 0 Å². The van der Waals surface area contributed by atoms with E-state index in [9.17, 15) is 0 Å². The van der Waals surface area contributed by atoms with Crippen molar-refractivity contribution >= 4 is 41.3 Å². The van der Waals surface area contributed by atoms with Gasteiger partial charge in [0.05, 0.1) is 10.7 Å². The lowest BCUT2D eigenvalue weighted by Crippen LogP contribution is -2.38. The van der Waals surface area contributed by atoms with Gasteiger partial charge in [0.2, 0.25) is 0 Å². The number of thiazole rings is 1. The minimum absolute atomic E-state index is 0.